The minimum atomic E-state index is -0.0872. The molecule has 108 valence electrons. The van der Waals surface area contributed by atoms with Crippen LogP contribution in [0, 0.1) is 0 Å². The van der Waals surface area contributed by atoms with Crippen molar-refractivity contribution in [2.75, 3.05) is 5.32 Å². The Morgan fingerprint density at radius 1 is 1.45 bits per heavy atom. The zero-order valence-corrected chi connectivity index (χ0v) is 15.0. The molecule has 1 N–H and O–H groups in total. The number of nitrogens with one attached hydrogen (secondary N) is 1. The van der Waals surface area contributed by atoms with Crippen molar-refractivity contribution in [2.45, 2.75) is 32.9 Å². The van der Waals surface area contributed by atoms with Gasteiger partial charge in [0.15, 0.2) is 0 Å². The van der Waals surface area contributed by atoms with Gasteiger partial charge in [-0.05, 0) is 44.3 Å². The maximum absolute atomic E-state index is 12.1. The standard InChI is InChI=1S/C13H15Br2N3OS/c1-2-3-4-18-13(19)12(15)11(7-17-18)16-6-10-5-9(14)8-20-10/h5,7-8,16H,2-4,6H2,1H3. The number of thiophene rings is 1. The summed E-state index contributed by atoms with van der Waals surface area (Å²) in [7, 11) is 0. The second kappa shape index (κ2) is 7.38. The highest BCUT2D eigenvalue weighted by molar-refractivity contribution is 9.10. The highest BCUT2D eigenvalue weighted by atomic mass is 79.9. The second-order valence-electron chi connectivity index (χ2n) is 4.34. The molecule has 4 nitrogen and oxygen atoms in total. The Bertz CT molecular complexity index is 639. The van der Waals surface area contributed by atoms with Crippen LogP contribution in [0.4, 0.5) is 5.69 Å². The lowest BCUT2D eigenvalue weighted by Crippen LogP contribution is -2.24. The van der Waals surface area contributed by atoms with Crippen LogP contribution < -0.4 is 10.9 Å². The number of unbranched alkanes of at least 4 members (excludes halogenated alkanes) is 1. The van der Waals surface area contributed by atoms with E-state index in [4.69, 9.17) is 0 Å². The average Bonchev–Trinajstić information content (AvgIpc) is 2.85. The van der Waals surface area contributed by atoms with Crippen molar-refractivity contribution in [3.8, 4) is 0 Å². The van der Waals surface area contributed by atoms with Crippen LogP contribution in [0.3, 0.4) is 0 Å². The average molecular weight is 421 g/mol. The van der Waals surface area contributed by atoms with Crippen LogP contribution in [0.15, 0.2) is 31.4 Å². The van der Waals surface area contributed by atoms with Gasteiger partial charge in [-0.25, -0.2) is 4.68 Å². The summed E-state index contributed by atoms with van der Waals surface area (Å²) in [6.07, 6.45) is 3.69. The first-order chi connectivity index (χ1) is 9.61. The molecule has 0 amide bonds. The summed E-state index contributed by atoms with van der Waals surface area (Å²) in [5.74, 6) is 0. The lowest BCUT2D eigenvalue weighted by Gasteiger charge is -2.09. The molecule has 0 aliphatic rings. The van der Waals surface area contributed by atoms with E-state index in [9.17, 15) is 4.79 Å². The molecule has 0 fully saturated rings. The molecule has 0 aliphatic heterocycles. The molecule has 7 heteroatoms. The molecule has 2 aromatic heterocycles. The van der Waals surface area contributed by atoms with E-state index in [-0.39, 0.29) is 5.56 Å². The number of hydrogen-bond acceptors (Lipinski definition) is 4. The number of halogens is 2. The van der Waals surface area contributed by atoms with E-state index >= 15 is 0 Å². The molecule has 2 heterocycles. The van der Waals surface area contributed by atoms with E-state index in [1.807, 2.05) is 5.38 Å². The van der Waals surface area contributed by atoms with Gasteiger partial charge in [-0.3, -0.25) is 4.79 Å². The molecule has 0 atom stereocenters. The molecule has 0 spiro atoms. The maximum atomic E-state index is 12.1. The first-order valence-corrected chi connectivity index (χ1v) is 8.80. The summed E-state index contributed by atoms with van der Waals surface area (Å²) < 4.78 is 3.12. The molecule has 0 aromatic carbocycles. The monoisotopic (exact) mass is 419 g/mol. The number of hydrogen-bond donors (Lipinski definition) is 1. The lowest BCUT2D eigenvalue weighted by atomic mass is 10.3. The minimum absolute atomic E-state index is 0.0872. The summed E-state index contributed by atoms with van der Waals surface area (Å²) in [6, 6.07) is 2.06. The van der Waals surface area contributed by atoms with Crippen molar-refractivity contribution in [1.82, 2.24) is 9.78 Å². The van der Waals surface area contributed by atoms with Crippen LogP contribution in [0.2, 0.25) is 0 Å². The quantitative estimate of drug-likeness (QED) is 0.759. The number of nitrogens with zero attached hydrogens (tertiary/aromatic N) is 2. The van der Waals surface area contributed by atoms with Crippen molar-refractivity contribution in [3.63, 3.8) is 0 Å². The van der Waals surface area contributed by atoms with Gasteiger partial charge < -0.3 is 5.32 Å². The Balaban J connectivity index is 2.09. The van der Waals surface area contributed by atoms with Crippen molar-refractivity contribution in [1.29, 1.82) is 0 Å². The van der Waals surface area contributed by atoms with Crippen LogP contribution in [-0.2, 0) is 13.1 Å². The van der Waals surface area contributed by atoms with Gasteiger partial charge in [0.05, 0.1) is 11.9 Å². The predicted octanol–water partition coefficient (Wildman–Crippen LogP) is 4.24. The van der Waals surface area contributed by atoms with E-state index < -0.39 is 0 Å². The molecule has 0 saturated heterocycles. The maximum Gasteiger partial charge on any atom is 0.283 e. The summed E-state index contributed by atoms with van der Waals surface area (Å²) in [6.45, 7) is 3.43. The summed E-state index contributed by atoms with van der Waals surface area (Å²) in [5, 5.41) is 9.47. The van der Waals surface area contributed by atoms with Crippen LogP contribution in [0.5, 0.6) is 0 Å². The van der Waals surface area contributed by atoms with Gasteiger partial charge in [0.2, 0.25) is 0 Å². The smallest absolute Gasteiger partial charge is 0.283 e. The number of rotatable bonds is 6. The second-order valence-corrected chi connectivity index (χ2v) is 7.04. The van der Waals surface area contributed by atoms with Crippen LogP contribution in [-0.4, -0.2) is 9.78 Å². The van der Waals surface area contributed by atoms with E-state index in [0.29, 0.717) is 17.6 Å². The van der Waals surface area contributed by atoms with Crippen molar-refractivity contribution in [2.24, 2.45) is 0 Å². The number of anilines is 1. The number of aromatic nitrogens is 2. The van der Waals surface area contributed by atoms with Gasteiger partial charge >= 0.3 is 0 Å². The van der Waals surface area contributed by atoms with Crippen LogP contribution in [0.25, 0.3) is 0 Å². The van der Waals surface area contributed by atoms with Gasteiger partial charge in [-0.1, -0.05) is 13.3 Å². The third kappa shape index (κ3) is 3.93. The molecular formula is C13H15Br2N3OS. The van der Waals surface area contributed by atoms with Gasteiger partial charge in [-0.15, -0.1) is 11.3 Å². The minimum Gasteiger partial charge on any atom is -0.378 e. The normalized spacial score (nSPS) is 10.8. The number of aryl methyl sites for hydroxylation is 1. The highest BCUT2D eigenvalue weighted by Crippen LogP contribution is 2.22. The molecule has 0 aliphatic carbocycles. The topological polar surface area (TPSA) is 46.9 Å². The summed E-state index contributed by atoms with van der Waals surface area (Å²) in [4.78, 5) is 13.3. The highest BCUT2D eigenvalue weighted by Gasteiger charge is 2.08. The molecule has 0 saturated carbocycles. The molecule has 2 aromatic rings. The Labute approximate surface area is 138 Å². The fraction of sp³-hybridized carbons (Fsp3) is 0.385. The van der Waals surface area contributed by atoms with Gasteiger partial charge in [-0.2, -0.15) is 5.10 Å². The molecule has 0 bridgehead atoms. The predicted molar refractivity (Wildman–Crippen MR) is 90.5 cm³/mol. The first-order valence-electron chi connectivity index (χ1n) is 6.34. The zero-order chi connectivity index (χ0) is 14.5. The third-order valence-electron chi connectivity index (χ3n) is 2.78. The van der Waals surface area contributed by atoms with E-state index in [1.165, 1.54) is 9.56 Å². The van der Waals surface area contributed by atoms with Crippen molar-refractivity contribution in [3.05, 3.63) is 41.8 Å². The lowest BCUT2D eigenvalue weighted by molar-refractivity contribution is 0.541. The van der Waals surface area contributed by atoms with E-state index in [1.54, 1.807) is 17.5 Å². The third-order valence-corrected chi connectivity index (χ3v) is 5.25. The van der Waals surface area contributed by atoms with E-state index in [2.05, 4.69) is 55.3 Å². The van der Waals surface area contributed by atoms with Gasteiger partial charge in [0, 0.05) is 27.8 Å². The summed E-state index contributed by atoms with van der Waals surface area (Å²) >= 11 is 8.45. The summed E-state index contributed by atoms with van der Waals surface area (Å²) in [5.41, 5.74) is 0.642. The molecule has 2 rings (SSSR count). The fourth-order valence-electron chi connectivity index (χ4n) is 1.68. The molecule has 0 radical (unpaired) electrons. The fourth-order valence-corrected chi connectivity index (χ4v) is 3.52. The van der Waals surface area contributed by atoms with Crippen LogP contribution >= 0.6 is 43.2 Å². The molecule has 20 heavy (non-hydrogen) atoms. The van der Waals surface area contributed by atoms with Crippen molar-refractivity contribution >= 4 is 48.9 Å². The molecular weight excluding hydrogens is 406 g/mol. The Hall–Kier alpha value is -0.660. The van der Waals surface area contributed by atoms with Crippen molar-refractivity contribution < 1.29 is 0 Å². The Kier molecular flexibility index (Phi) is 5.80. The Morgan fingerprint density at radius 2 is 2.25 bits per heavy atom. The largest absolute Gasteiger partial charge is 0.378 e. The Morgan fingerprint density at radius 3 is 2.90 bits per heavy atom. The first kappa shape index (κ1) is 15.7. The van der Waals surface area contributed by atoms with Gasteiger partial charge in [0.25, 0.3) is 5.56 Å². The van der Waals surface area contributed by atoms with Crippen LogP contribution in [0.1, 0.15) is 24.6 Å². The SMILES string of the molecule is CCCCn1ncc(NCc2cc(Br)cs2)c(Br)c1=O. The molecule has 0 unspecified atom stereocenters. The van der Waals surface area contributed by atoms with E-state index in [0.717, 1.165) is 23.0 Å². The zero-order valence-electron chi connectivity index (χ0n) is 11.0. The van der Waals surface area contributed by atoms with Gasteiger partial charge in [0.1, 0.15) is 4.47 Å².